The summed E-state index contributed by atoms with van der Waals surface area (Å²) in [5.41, 5.74) is 0.360. The molecule has 1 aliphatic rings. The number of ether oxygens (including phenoxy) is 1. The summed E-state index contributed by atoms with van der Waals surface area (Å²) < 4.78 is 8.25. The van der Waals surface area contributed by atoms with Crippen LogP contribution in [0, 0.1) is 3.57 Å². The van der Waals surface area contributed by atoms with Crippen LogP contribution in [-0.2, 0) is 4.74 Å². The Kier molecular flexibility index (Phi) is 4.84. The van der Waals surface area contributed by atoms with E-state index >= 15 is 0 Å². The summed E-state index contributed by atoms with van der Waals surface area (Å²) >= 11 is 2.22. The Hall–Kier alpha value is -1.58. The number of fused-ring (bicyclic) bond motifs is 1. The first kappa shape index (κ1) is 17.2. The van der Waals surface area contributed by atoms with Gasteiger partial charge in [-0.1, -0.05) is 0 Å². The van der Waals surface area contributed by atoms with E-state index < -0.39 is 5.60 Å². The van der Waals surface area contributed by atoms with E-state index in [2.05, 4.69) is 38.0 Å². The van der Waals surface area contributed by atoms with Crippen molar-refractivity contribution in [1.82, 2.24) is 19.5 Å². The molecule has 7 nitrogen and oxygen atoms in total. The van der Waals surface area contributed by atoms with Gasteiger partial charge in [0, 0.05) is 19.3 Å². The minimum Gasteiger partial charge on any atom is -0.444 e. The molecule has 130 valence electrons. The predicted molar refractivity (Wildman–Crippen MR) is 100 cm³/mol. The molecule has 24 heavy (non-hydrogen) atoms. The lowest BCUT2D eigenvalue weighted by molar-refractivity contribution is 0.0235. The number of hydrogen-bond acceptors (Lipinski definition) is 5. The predicted octanol–water partition coefficient (Wildman–Crippen LogP) is 3.15. The molecule has 0 spiro atoms. The van der Waals surface area contributed by atoms with Crippen LogP contribution in [0.2, 0.25) is 0 Å². The van der Waals surface area contributed by atoms with E-state index in [0.29, 0.717) is 6.54 Å². The number of nitrogens with one attached hydrogen (secondary N) is 1. The van der Waals surface area contributed by atoms with Crippen molar-refractivity contribution in [1.29, 1.82) is 0 Å². The van der Waals surface area contributed by atoms with Crippen LogP contribution < -0.4 is 5.32 Å². The van der Waals surface area contributed by atoms with E-state index in [0.717, 1.165) is 34.4 Å². The maximum atomic E-state index is 12.3. The molecule has 3 heterocycles. The third kappa shape index (κ3) is 3.90. The van der Waals surface area contributed by atoms with Gasteiger partial charge in [0.05, 0.1) is 15.8 Å². The van der Waals surface area contributed by atoms with Crippen LogP contribution in [0.1, 0.15) is 33.6 Å². The summed E-state index contributed by atoms with van der Waals surface area (Å²) in [5.74, 6) is 0.789. The first-order valence-corrected chi connectivity index (χ1v) is 9.15. The normalized spacial score (nSPS) is 18.2. The highest BCUT2D eigenvalue weighted by molar-refractivity contribution is 14.1. The molecule has 1 N–H and O–H groups in total. The summed E-state index contributed by atoms with van der Waals surface area (Å²) in [5, 5.41) is 7.55. The number of nitrogens with zero attached hydrogens (tertiary/aromatic N) is 4. The van der Waals surface area contributed by atoms with Gasteiger partial charge in [-0.3, -0.25) is 0 Å². The first-order chi connectivity index (χ1) is 11.3. The van der Waals surface area contributed by atoms with Crippen molar-refractivity contribution >= 4 is 40.1 Å². The van der Waals surface area contributed by atoms with Gasteiger partial charge in [0.25, 0.3) is 0 Å². The summed E-state index contributed by atoms with van der Waals surface area (Å²) in [4.78, 5) is 18.7. The molecule has 2 aromatic heterocycles. The highest BCUT2D eigenvalue weighted by atomic mass is 127. The van der Waals surface area contributed by atoms with Crippen LogP contribution in [0.3, 0.4) is 0 Å². The molecule has 1 atom stereocenters. The highest BCUT2D eigenvalue weighted by Gasteiger charge is 2.31. The quantitative estimate of drug-likeness (QED) is 0.739. The molecule has 1 saturated heterocycles. The molecule has 0 saturated carbocycles. The number of likely N-dealkylation sites (tertiary alicyclic amines) is 1. The molecule has 1 aliphatic heterocycles. The summed E-state index contributed by atoms with van der Waals surface area (Å²) in [6, 6.07) is 2.02. The Balaban J connectivity index is 1.64. The lowest BCUT2D eigenvalue weighted by atomic mass is 10.2. The fourth-order valence-corrected chi connectivity index (χ4v) is 3.26. The van der Waals surface area contributed by atoms with Gasteiger partial charge in [-0.05, 0) is 62.3 Å². The van der Waals surface area contributed by atoms with Crippen LogP contribution in [0.5, 0.6) is 0 Å². The lowest BCUT2D eigenvalue weighted by Gasteiger charge is -2.28. The summed E-state index contributed by atoms with van der Waals surface area (Å²) in [6.07, 6.45) is 5.40. The molecule has 1 amide bonds. The fraction of sp³-hybridized carbons (Fsp3) is 0.562. The van der Waals surface area contributed by atoms with E-state index in [9.17, 15) is 4.79 Å². The van der Waals surface area contributed by atoms with Crippen molar-refractivity contribution in [2.75, 3.05) is 18.4 Å². The van der Waals surface area contributed by atoms with Crippen LogP contribution in [0.4, 0.5) is 10.6 Å². The number of halogens is 1. The van der Waals surface area contributed by atoms with Gasteiger partial charge in [0.1, 0.15) is 11.4 Å². The zero-order valence-corrected chi connectivity index (χ0v) is 16.3. The number of amides is 1. The zero-order valence-electron chi connectivity index (χ0n) is 14.1. The molecule has 0 bridgehead atoms. The van der Waals surface area contributed by atoms with E-state index in [-0.39, 0.29) is 12.1 Å². The number of rotatable bonds is 3. The molecule has 0 unspecified atom stereocenters. The second-order valence-corrected chi connectivity index (χ2v) is 8.09. The Morgan fingerprint density at radius 3 is 3.04 bits per heavy atom. The van der Waals surface area contributed by atoms with E-state index in [1.807, 2.05) is 37.9 Å². The number of anilines is 1. The molecular weight excluding hydrogens is 421 g/mol. The van der Waals surface area contributed by atoms with E-state index in [4.69, 9.17) is 4.74 Å². The van der Waals surface area contributed by atoms with Crippen molar-refractivity contribution in [3.63, 3.8) is 0 Å². The minimum absolute atomic E-state index is 0.127. The van der Waals surface area contributed by atoms with Gasteiger partial charge in [0.15, 0.2) is 5.65 Å². The number of carbonyl (C=O) groups excluding carboxylic acids is 1. The average molecular weight is 443 g/mol. The first-order valence-electron chi connectivity index (χ1n) is 8.07. The summed E-state index contributed by atoms with van der Waals surface area (Å²) in [6.45, 7) is 7.07. The Labute approximate surface area is 154 Å². The largest absolute Gasteiger partial charge is 0.444 e. The highest BCUT2D eigenvalue weighted by Crippen LogP contribution is 2.21. The minimum atomic E-state index is -0.469. The van der Waals surface area contributed by atoms with Crippen LogP contribution in [0.25, 0.3) is 5.65 Å². The molecular formula is C16H22IN5O2. The number of carbonyl (C=O) groups is 1. The standard InChI is InChI=1S/C16H22IN5O2/c1-16(2,3)24-15(23)21-7-4-5-11(21)9-18-13-6-8-22-14(20-13)12(17)10-19-22/h6,8,10-11H,4-5,7,9H2,1-3H3,(H,18,20)/t11-/m0/s1. The molecule has 3 rings (SSSR count). The molecule has 0 aromatic carbocycles. The topological polar surface area (TPSA) is 71.8 Å². The van der Waals surface area contributed by atoms with Crippen LogP contribution in [-0.4, -0.2) is 50.3 Å². The Bertz CT molecular complexity index is 740. The van der Waals surface area contributed by atoms with Gasteiger partial charge < -0.3 is 15.0 Å². The second kappa shape index (κ2) is 6.73. The van der Waals surface area contributed by atoms with Crippen molar-refractivity contribution < 1.29 is 9.53 Å². The van der Waals surface area contributed by atoms with E-state index in [1.54, 1.807) is 10.7 Å². The number of hydrogen-bond donors (Lipinski definition) is 1. The maximum absolute atomic E-state index is 12.3. The molecule has 0 aliphatic carbocycles. The maximum Gasteiger partial charge on any atom is 0.410 e. The molecule has 0 radical (unpaired) electrons. The SMILES string of the molecule is CC(C)(C)OC(=O)N1CCC[C@H]1CNc1ccn2ncc(I)c2n1. The monoisotopic (exact) mass is 443 g/mol. The van der Waals surface area contributed by atoms with Crippen LogP contribution >= 0.6 is 22.6 Å². The third-order valence-electron chi connectivity index (χ3n) is 3.85. The fourth-order valence-electron chi connectivity index (χ4n) is 2.77. The molecule has 2 aromatic rings. The summed E-state index contributed by atoms with van der Waals surface area (Å²) in [7, 11) is 0. The smallest absolute Gasteiger partial charge is 0.410 e. The molecule has 8 heteroatoms. The van der Waals surface area contributed by atoms with Crippen molar-refractivity contribution in [3.8, 4) is 0 Å². The van der Waals surface area contributed by atoms with E-state index in [1.165, 1.54) is 0 Å². The third-order valence-corrected chi connectivity index (χ3v) is 4.61. The zero-order chi connectivity index (χ0) is 17.3. The van der Waals surface area contributed by atoms with Crippen molar-refractivity contribution in [2.45, 2.75) is 45.3 Å². The number of aromatic nitrogens is 3. The van der Waals surface area contributed by atoms with Crippen LogP contribution in [0.15, 0.2) is 18.5 Å². The van der Waals surface area contributed by atoms with Gasteiger partial charge >= 0.3 is 6.09 Å². The Morgan fingerprint density at radius 2 is 2.29 bits per heavy atom. The van der Waals surface area contributed by atoms with Gasteiger partial charge in [0.2, 0.25) is 0 Å². The van der Waals surface area contributed by atoms with Crippen molar-refractivity contribution in [3.05, 3.63) is 22.0 Å². The molecule has 1 fully saturated rings. The van der Waals surface area contributed by atoms with Gasteiger partial charge in [-0.15, -0.1) is 0 Å². The lowest BCUT2D eigenvalue weighted by Crippen LogP contribution is -2.42. The van der Waals surface area contributed by atoms with Crippen molar-refractivity contribution in [2.24, 2.45) is 0 Å². The Morgan fingerprint density at radius 1 is 1.50 bits per heavy atom. The van der Waals surface area contributed by atoms with Gasteiger partial charge in [-0.2, -0.15) is 5.10 Å². The van der Waals surface area contributed by atoms with Gasteiger partial charge in [-0.25, -0.2) is 14.3 Å². The average Bonchev–Trinajstić information content (AvgIpc) is 3.11. The second-order valence-electron chi connectivity index (χ2n) is 6.92.